The number of benzene rings is 1. The Labute approximate surface area is 128 Å². The number of aliphatic hydroxyl groups is 1. The van der Waals surface area contributed by atoms with E-state index in [1.807, 2.05) is 0 Å². The molecular weight excluding hydrogens is 324 g/mol. The molecule has 0 unspecified atom stereocenters. The summed E-state index contributed by atoms with van der Waals surface area (Å²) in [6.07, 6.45) is -6.60. The van der Waals surface area contributed by atoms with Crippen LogP contribution >= 0.6 is 11.6 Å². The summed E-state index contributed by atoms with van der Waals surface area (Å²) in [4.78, 5) is 4.30. The Balaban J connectivity index is 1.96. The maximum absolute atomic E-state index is 13.8. The van der Waals surface area contributed by atoms with Gasteiger partial charge in [0.2, 0.25) is 5.69 Å². The summed E-state index contributed by atoms with van der Waals surface area (Å²) in [5, 5.41) is 9.46. The van der Waals surface area contributed by atoms with Gasteiger partial charge in [-0.2, -0.15) is 13.2 Å². The summed E-state index contributed by atoms with van der Waals surface area (Å²) in [5.74, 6) is -1.05. The molecule has 1 aliphatic heterocycles. The molecule has 4 atom stereocenters. The van der Waals surface area contributed by atoms with Crippen LogP contribution in [-0.4, -0.2) is 30.0 Å². The number of halogens is 5. The minimum atomic E-state index is -4.74. The van der Waals surface area contributed by atoms with Crippen molar-refractivity contribution in [2.24, 2.45) is 11.8 Å². The number of hydrogen-bond donors (Lipinski definition) is 1. The number of alkyl halides is 3. The number of piperidine rings is 1. The predicted octanol–water partition coefficient (Wildman–Crippen LogP) is 3.78. The molecular formula is C14H11ClF4N2O. The number of nitrogens with zero attached hydrogens (tertiary/aromatic N) is 2. The largest absolute Gasteiger partial charge is 0.416 e. The molecule has 3 nitrogen and oxygen atoms in total. The minimum Gasteiger partial charge on any atom is -0.382 e. The van der Waals surface area contributed by atoms with Crippen LogP contribution in [0.25, 0.3) is 4.85 Å². The summed E-state index contributed by atoms with van der Waals surface area (Å²) >= 11 is 5.81. The Morgan fingerprint density at radius 1 is 1.41 bits per heavy atom. The highest BCUT2D eigenvalue weighted by Gasteiger charge is 2.60. The van der Waals surface area contributed by atoms with Crippen molar-refractivity contribution in [3.05, 3.63) is 34.4 Å². The summed E-state index contributed by atoms with van der Waals surface area (Å²) in [7, 11) is 0. The number of aliphatic hydroxyl groups excluding tert-OH is 1. The molecule has 0 amide bonds. The van der Waals surface area contributed by atoms with E-state index in [9.17, 15) is 22.7 Å². The van der Waals surface area contributed by atoms with Crippen molar-refractivity contribution in [2.75, 3.05) is 11.4 Å². The van der Waals surface area contributed by atoms with E-state index in [0.717, 1.165) is 6.07 Å². The van der Waals surface area contributed by atoms with E-state index in [1.165, 1.54) is 11.0 Å². The van der Waals surface area contributed by atoms with Crippen molar-refractivity contribution < 1.29 is 22.7 Å². The van der Waals surface area contributed by atoms with Gasteiger partial charge in [-0.3, -0.25) is 0 Å². The van der Waals surface area contributed by atoms with Crippen LogP contribution in [0, 0.1) is 24.2 Å². The molecule has 2 aliphatic rings. The maximum Gasteiger partial charge on any atom is 0.416 e. The zero-order valence-corrected chi connectivity index (χ0v) is 11.9. The Kier molecular flexibility index (Phi) is 3.49. The second-order valence-corrected chi connectivity index (χ2v) is 6.07. The Hall–Kier alpha value is -1.52. The van der Waals surface area contributed by atoms with Crippen LogP contribution in [0.2, 0.25) is 5.02 Å². The number of hydrogen-bond acceptors (Lipinski definition) is 2. The molecule has 22 heavy (non-hydrogen) atoms. The van der Waals surface area contributed by atoms with E-state index >= 15 is 0 Å². The van der Waals surface area contributed by atoms with Crippen LogP contribution in [-0.2, 0) is 0 Å². The summed E-state index contributed by atoms with van der Waals surface area (Å²) in [6, 6.07) is 1.14. The van der Waals surface area contributed by atoms with Crippen LogP contribution in [0.1, 0.15) is 6.42 Å². The fourth-order valence-corrected chi connectivity index (χ4v) is 3.45. The van der Waals surface area contributed by atoms with Crippen molar-refractivity contribution >= 4 is 23.0 Å². The van der Waals surface area contributed by atoms with E-state index in [-0.39, 0.29) is 28.2 Å². The Bertz CT molecular complexity index is 634. The van der Waals surface area contributed by atoms with E-state index < -0.39 is 24.1 Å². The maximum atomic E-state index is 13.8. The van der Waals surface area contributed by atoms with Gasteiger partial charge in [-0.25, -0.2) is 9.24 Å². The molecule has 1 saturated heterocycles. The summed E-state index contributed by atoms with van der Waals surface area (Å²) in [5.41, 5.74) is -0.196. The molecule has 0 spiro atoms. The summed E-state index contributed by atoms with van der Waals surface area (Å²) < 4.78 is 52.4. The van der Waals surface area contributed by atoms with Gasteiger partial charge >= 0.3 is 6.18 Å². The first-order chi connectivity index (χ1) is 10.2. The van der Waals surface area contributed by atoms with Crippen molar-refractivity contribution in [1.29, 1.82) is 0 Å². The zero-order chi connectivity index (χ0) is 16.2. The van der Waals surface area contributed by atoms with Gasteiger partial charge in [0.1, 0.15) is 5.82 Å². The molecule has 0 bridgehead atoms. The van der Waals surface area contributed by atoms with E-state index in [0.29, 0.717) is 13.0 Å². The van der Waals surface area contributed by atoms with Crippen molar-refractivity contribution in [1.82, 2.24) is 0 Å². The fraction of sp³-hybridized carbons (Fsp3) is 0.500. The van der Waals surface area contributed by atoms with Gasteiger partial charge in [-0.15, -0.1) is 0 Å². The highest BCUT2D eigenvalue weighted by molar-refractivity contribution is 6.33. The molecule has 0 radical (unpaired) electrons. The van der Waals surface area contributed by atoms with Gasteiger partial charge in [-0.05, 0) is 30.4 Å². The van der Waals surface area contributed by atoms with E-state index in [1.54, 1.807) is 0 Å². The third-order valence-electron chi connectivity index (χ3n) is 4.31. The number of anilines is 1. The van der Waals surface area contributed by atoms with Crippen LogP contribution in [0.3, 0.4) is 0 Å². The van der Waals surface area contributed by atoms with Gasteiger partial charge in [0.25, 0.3) is 0 Å². The lowest BCUT2D eigenvalue weighted by atomic mass is 10.0. The first kappa shape index (κ1) is 15.4. The molecule has 1 aromatic carbocycles. The molecule has 118 valence electrons. The molecule has 8 heteroatoms. The second-order valence-electron chi connectivity index (χ2n) is 5.66. The van der Waals surface area contributed by atoms with Crippen LogP contribution < -0.4 is 4.90 Å². The lowest BCUT2D eigenvalue weighted by Crippen LogP contribution is -2.49. The normalized spacial score (nSPS) is 28.2. The van der Waals surface area contributed by atoms with Crippen molar-refractivity contribution in [3.8, 4) is 0 Å². The molecule has 1 aromatic rings. The first-order valence-corrected chi connectivity index (χ1v) is 6.99. The SMILES string of the molecule is [C-]#[N+]c1c(F)cc(N2C[C@H]3C[C@H]3[C@@H]2[C@H](O)C(F)(F)F)cc1Cl. The van der Waals surface area contributed by atoms with Gasteiger partial charge in [0.05, 0.1) is 17.6 Å². The molecule has 1 aliphatic carbocycles. The highest BCUT2D eigenvalue weighted by Crippen LogP contribution is 2.53. The molecule has 2 fully saturated rings. The van der Waals surface area contributed by atoms with Crippen molar-refractivity contribution in [3.63, 3.8) is 0 Å². The Morgan fingerprint density at radius 2 is 2.09 bits per heavy atom. The molecule has 3 rings (SSSR count). The molecule has 1 heterocycles. The predicted molar refractivity (Wildman–Crippen MR) is 72.5 cm³/mol. The van der Waals surface area contributed by atoms with Crippen LogP contribution in [0.5, 0.6) is 0 Å². The number of rotatable bonds is 2. The standard InChI is InChI=1S/C14H11ClF4N2O/c1-20-11-9(15)3-7(4-10(11)16)21-5-6-2-8(6)12(21)13(22)14(17,18)19/h3-4,6,8,12-13,22H,2,5H2/t6-,8-,12-,13+/m1/s1. The van der Waals surface area contributed by atoms with Crippen LogP contribution in [0.4, 0.5) is 28.9 Å². The summed E-state index contributed by atoms with van der Waals surface area (Å²) in [6.45, 7) is 7.15. The molecule has 0 aromatic heterocycles. The third-order valence-corrected chi connectivity index (χ3v) is 4.60. The molecule has 1 N–H and O–H groups in total. The average molecular weight is 335 g/mol. The molecule has 1 saturated carbocycles. The van der Waals surface area contributed by atoms with Crippen molar-refractivity contribution in [2.45, 2.75) is 24.7 Å². The van der Waals surface area contributed by atoms with Crippen LogP contribution in [0.15, 0.2) is 12.1 Å². The third kappa shape index (κ3) is 2.40. The lowest BCUT2D eigenvalue weighted by Gasteiger charge is -2.34. The number of fused-ring (bicyclic) bond motifs is 1. The first-order valence-electron chi connectivity index (χ1n) is 6.62. The Morgan fingerprint density at radius 3 is 2.64 bits per heavy atom. The zero-order valence-electron chi connectivity index (χ0n) is 11.1. The topological polar surface area (TPSA) is 27.8 Å². The van der Waals surface area contributed by atoms with Gasteiger partial charge < -0.3 is 10.0 Å². The quantitative estimate of drug-likeness (QED) is 0.658. The lowest BCUT2D eigenvalue weighted by molar-refractivity contribution is -0.210. The van der Waals surface area contributed by atoms with Gasteiger partial charge in [0, 0.05) is 12.2 Å². The average Bonchev–Trinajstić information content (AvgIpc) is 3.07. The van der Waals surface area contributed by atoms with Gasteiger partial charge in [-0.1, -0.05) is 11.6 Å². The monoisotopic (exact) mass is 334 g/mol. The smallest absolute Gasteiger partial charge is 0.382 e. The minimum absolute atomic E-state index is 0.0735. The second kappa shape index (κ2) is 5.00. The fourth-order valence-electron chi connectivity index (χ4n) is 3.21. The van der Waals surface area contributed by atoms with E-state index in [4.69, 9.17) is 18.2 Å². The van der Waals surface area contributed by atoms with Gasteiger partial charge in [0.15, 0.2) is 6.10 Å². The highest BCUT2D eigenvalue weighted by atomic mass is 35.5. The van der Waals surface area contributed by atoms with E-state index in [2.05, 4.69) is 4.85 Å².